The van der Waals surface area contributed by atoms with Crippen LogP contribution in [0.2, 0.25) is 0 Å². The molecule has 0 spiro atoms. The number of esters is 4. The molecule has 340 valence electrons. The predicted molar refractivity (Wildman–Crippen MR) is 243 cm³/mol. The van der Waals surface area contributed by atoms with Gasteiger partial charge in [0.2, 0.25) is 0 Å². The molecule has 0 fully saturated rings. The minimum Gasteiger partial charge on any atom is -0.629 e. The average molecular weight is 879 g/mol. The second-order valence-corrected chi connectivity index (χ2v) is 15.4. The van der Waals surface area contributed by atoms with Gasteiger partial charge in [-0.25, -0.2) is 9.59 Å². The fraction of sp³-hybridized carbons (Fsp3) is 0.360. The third kappa shape index (κ3) is 18.8. The van der Waals surface area contributed by atoms with E-state index in [9.17, 15) is 29.3 Å². The van der Waals surface area contributed by atoms with Crippen molar-refractivity contribution in [2.75, 3.05) is 47.7 Å². The van der Waals surface area contributed by atoms with Crippen molar-refractivity contribution in [3.63, 3.8) is 0 Å². The van der Waals surface area contributed by atoms with Crippen molar-refractivity contribution >= 4 is 47.4 Å². The zero-order chi connectivity index (χ0) is 46.0. The lowest BCUT2D eigenvalue weighted by Gasteiger charge is -2.33. The number of ether oxygens (including phenoxy) is 6. The predicted octanol–water partition coefficient (Wildman–Crippen LogP) is 8.24. The summed E-state index contributed by atoms with van der Waals surface area (Å²) in [5.41, 5.74) is 3.30. The summed E-state index contributed by atoms with van der Waals surface area (Å²) in [5.74, 6) is -0.243. The lowest BCUT2D eigenvalue weighted by molar-refractivity contribution is -0.751. The zero-order valence-corrected chi connectivity index (χ0v) is 36.8. The van der Waals surface area contributed by atoms with Gasteiger partial charge in [-0.3, -0.25) is 9.59 Å². The van der Waals surface area contributed by atoms with Gasteiger partial charge in [0.1, 0.15) is 36.1 Å². The second kappa shape index (κ2) is 27.4. The first kappa shape index (κ1) is 50.0. The van der Waals surface area contributed by atoms with Crippen molar-refractivity contribution in [2.24, 2.45) is 10.6 Å². The van der Waals surface area contributed by atoms with Gasteiger partial charge in [0.15, 0.2) is 0 Å². The second-order valence-electron chi connectivity index (χ2n) is 15.4. The summed E-state index contributed by atoms with van der Waals surface area (Å²) in [6.07, 6.45) is 11.2. The molecule has 4 aromatic rings. The van der Waals surface area contributed by atoms with Crippen LogP contribution in [0.4, 0.5) is 11.4 Å². The highest BCUT2D eigenvalue weighted by atomic mass is 16.6. The number of nitroso groups, excluding NO2 is 1. The van der Waals surface area contributed by atoms with Crippen LogP contribution >= 0.6 is 0 Å². The first-order valence-electron chi connectivity index (χ1n) is 21.3. The lowest BCUT2D eigenvalue weighted by atomic mass is 9.77. The highest BCUT2D eigenvalue weighted by Crippen LogP contribution is 2.31. The standard InChI is InChI=1S/C50H58N2O12/c1-52(58)43-24-14-41(15-25-43)35-50(34-40-12-22-42(51-57)23-13-40,36-63-48(55)10-6-4-8-32-61-44-26-16-38(17-27-44)20-30-46(53)59-2)37-64-49(56)11-7-5-9-33-62-45-28-18-39(19-29-45)21-31-47(54)60-3/h12-31,52H,4-11,32-37H2,1-3H3/b30-20+,31-21+. The molecular formula is C50H58N2O12. The summed E-state index contributed by atoms with van der Waals surface area (Å²) in [7, 11) is 4.14. The lowest BCUT2D eigenvalue weighted by Crippen LogP contribution is -2.98. The molecule has 0 bridgehead atoms. The molecule has 14 nitrogen and oxygen atoms in total. The molecule has 0 amide bonds. The molecule has 0 saturated heterocycles. The summed E-state index contributed by atoms with van der Waals surface area (Å²) in [5, 5.41) is 15.0. The van der Waals surface area contributed by atoms with Crippen LogP contribution in [0.5, 0.6) is 11.5 Å². The van der Waals surface area contributed by atoms with E-state index >= 15 is 0 Å². The van der Waals surface area contributed by atoms with E-state index in [1.807, 2.05) is 60.7 Å². The molecule has 4 aromatic carbocycles. The van der Waals surface area contributed by atoms with Crippen molar-refractivity contribution in [3.05, 3.63) is 142 Å². The van der Waals surface area contributed by atoms with E-state index in [0.717, 1.165) is 47.9 Å². The number of carbonyl (C=O) groups excluding carboxylic acids is 4. The Hall–Kier alpha value is -6.64. The van der Waals surface area contributed by atoms with Gasteiger partial charge in [0.05, 0.1) is 34.5 Å². The van der Waals surface area contributed by atoms with Crippen molar-refractivity contribution in [1.82, 2.24) is 0 Å². The summed E-state index contributed by atoms with van der Waals surface area (Å²) >= 11 is 0. The normalized spacial score (nSPS) is 11.8. The number of hydrogen-bond donors (Lipinski definition) is 1. The fourth-order valence-corrected chi connectivity index (χ4v) is 6.61. The van der Waals surface area contributed by atoms with Crippen molar-refractivity contribution in [1.29, 1.82) is 0 Å². The van der Waals surface area contributed by atoms with E-state index in [1.54, 1.807) is 48.6 Å². The highest BCUT2D eigenvalue weighted by Gasteiger charge is 2.35. The van der Waals surface area contributed by atoms with Crippen LogP contribution in [0.15, 0.2) is 114 Å². The van der Waals surface area contributed by atoms with Gasteiger partial charge in [-0.15, -0.1) is 4.91 Å². The third-order valence-electron chi connectivity index (χ3n) is 10.2. The Morgan fingerprint density at radius 1 is 0.594 bits per heavy atom. The molecule has 4 rings (SSSR count). The van der Waals surface area contributed by atoms with Crippen molar-refractivity contribution in [2.45, 2.75) is 64.2 Å². The molecule has 0 saturated carbocycles. The average Bonchev–Trinajstić information content (AvgIpc) is 3.31. The van der Waals surface area contributed by atoms with Crippen LogP contribution in [-0.4, -0.2) is 71.6 Å². The minimum atomic E-state index is -0.893. The van der Waals surface area contributed by atoms with Gasteiger partial charge in [-0.05, 0) is 139 Å². The van der Waals surface area contributed by atoms with E-state index < -0.39 is 17.4 Å². The first-order valence-corrected chi connectivity index (χ1v) is 21.3. The molecule has 0 heterocycles. The number of hydrogen-bond acceptors (Lipinski definition) is 13. The molecular weight excluding hydrogens is 821 g/mol. The summed E-state index contributed by atoms with van der Waals surface area (Å²) in [6.45, 7) is 0.831. The Morgan fingerprint density at radius 2 is 1.02 bits per heavy atom. The smallest absolute Gasteiger partial charge is 0.330 e. The van der Waals surface area contributed by atoms with Gasteiger partial charge < -0.3 is 38.7 Å². The maximum absolute atomic E-state index is 13.2. The van der Waals surface area contributed by atoms with Crippen LogP contribution < -0.4 is 14.5 Å². The summed E-state index contributed by atoms with van der Waals surface area (Å²) < 4.78 is 32.8. The summed E-state index contributed by atoms with van der Waals surface area (Å²) in [4.78, 5) is 60.3. The number of hydroxylamine groups is 1. The molecule has 0 aromatic heterocycles. The minimum absolute atomic E-state index is 0.0466. The van der Waals surface area contributed by atoms with Crippen LogP contribution in [0.3, 0.4) is 0 Å². The number of methoxy groups -OCH3 is 2. The van der Waals surface area contributed by atoms with Gasteiger partial charge in [0.25, 0.3) is 0 Å². The number of carbonyl (C=O) groups is 4. The number of rotatable bonds is 28. The Bertz CT molecular complexity index is 2020. The summed E-state index contributed by atoms with van der Waals surface area (Å²) in [6, 6.07) is 28.6. The molecule has 14 heteroatoms. The van der Waals surface area contributed by atoms with Crippen LogP contribution in [0.1, 0.15) is 73.6 Å². The number of benzene rings is 4. The molecule has 64 heavy (non-hydrogen) atoms. The zero-order valence-electron chi connectivity index (χ0n) is 36.8. The molecule has 1 N–H and O–H groups in total. The number of unbranched alkanes of at least 4 members (excludes halogenated alkanes) is 4. The van der Waals surface area contributed by atoms with Crippen LogP contribution in [0.25, 0.3) is 12.2 Å². The quantitative estimate of drug-likeness (QED) is 0.0144. The molecule has 0 radical (unpaired) electrons. The number of nitrogens with zero attached hydrogens (tertiary/aromatic N) is 1. The topological polar surface area (TPSA) is 181 Å². The van der Waals surface area contributed by atoms with E-state index in [2.05, 4.69) is 14.7 Å². The Labute approximate surface area is 374 Å². The SMILES string of the molecule is COC(=O)/C=C/c1ccc(OCCCCCC(=O)OCC(COC(=O)CCCCCOc2ccc(/C=C/C(=O)OC)cc2)(Cc2ccc(N=O)cc2)Cc2ccc([NH+](C)[O-])cc2)cc1. The number of quaternary nitrogens is 1. The van der Waals surface area contributed by atoms with Gasteiger partial charge >= 0.3 is 23.9 Å². The van der Waals surface area contributed by atoms with E-state index in [0.29, 0.717) is 56.1 Å². The van der Waals surface area contributed by atoms with Crippen molar-refractivity contribution < 1.29 is 52.7 Å². The molecule has 1 atom stereocenters. The van der Waals surface area contributed by atoms with Crippen molar-refractivity contribution in [3.8, 4) is 11.5 Å². The number of nitrogens with one attached hydrogen (secondary N) is 1. The Morgan fingerprint density at radius 3 is 1.41 bits per heavy atom. The monoisotopic (exact) mass is 878 g/mol. The Balaban J connectivity index is 1.32. The first-order chi connectivity index (χ1) is 31.0. The highest BCUT2D eigenvalue weighted by molar-refractivity contribution is 5.87. The van der Waals surface area contributed by atoms with Crippen LogP contribution in [-0.2, 0) is 51.0 Å². The molecule has 1 unspecified atom stereocenters. The molecule has 0 aliphatic rings. The van der Waals surface area contributed by atoms with Crippen LogP contribution in [0, 0.1) is 15.5 Å². The molecule has 0 aliphatic carbocycles. The fourth-order valence-electron chi connectivity index (χ4n) is 6.61. The Kier molecular flexibility index (Phi) is 21.4. The van der Waals surface area contributed by atoms with E-state index in [4.69, 9.17) is 18.9 Å². The third-order valence-corrected chi connectivity index (χ3v) is 10.2. The maximum atomic E-state index is 13.2. The van der Waals surface area contributed by atoms with Gasteiger partial charge in [0, 0.05) is 30.4 Å². The van der Waals surface area contributed by atoms with Gasteiger partial charge in [-0.1, -0.05) is 48.5 Å². The maximum Gasteiger partial charge on any atom is 0.330 e. The van der Waals surface area contributed by atoms with Gasteiger partial charge in [-0.2, -0.15) is 0 Å². The van der Waals surface area contributed by atoms with E-state index in [1.165, 1.54) is 33.4 Å². The molecule has 0 aliphatic heterocycles. The largest absolute Gasteiger partial charge is 0.629 e. The van der Waals surface area contributed by atoms with E-state index in [-0.39, 0.29) is 48.7 Å².